The zero-order valence-electron chi connectivity index (χ0n) is 11.2. The lowest BCUT2D eigenvalue weighted by molar-refractivity contribution is -0.118. The lowest BCUT2D eigenvalue weighted by Gasteiger charge is -2.12. The Bertz CT molecular complexity index is 492. The zero-order valence-corrected chi connectivity index (χ0v) is 11.2. The smallest absolute Gasteiger partial charge is 0.394 e. The zero-order chi connectivity index (χ0) is 15.9. The number of nitrogens with one attached hydrogen (secondary N) is 1. The summed E-state index contributed by atoms with van der Waals surface area (Å²) in [4.78, 5) is 15.7. The van der Waals surface area contributed by atoms with E-state index in [9.17, 15) is 18.0 Å². The van der Waals surface area contributed by atoms with Crippen molar-refractivity contribution < 1.29 is 18.0 Å². The largest absolute Gasteiger partial charge is 0.431 e. The fraction of sp³-hybridized carbons (Fsp3) is 0.385. The Morgan fingerprint density at radius 2 is 2.14 bits per heavy atom. The van der Waals surface area contributed by atoms with E-state index in [4.69, 9.17) is 11.5 Å². The second kappa shape index (κ2) is 7.63. The first-order valence-electron chi connectivity index (χ1n) is 6.28. The van der Waals surface area contributed by atoms with Crippen LogP contribution in [0.5, 0.6) is 0 Å². The molecule has 116 valence electrons. The summed E-state index contributed by atoms with van der Waals surface area (Å²) in [6.45, 7) is 0.158. The van der Waals surface area contributed by atoms with E-state index in [1.807, 2.05) is 6.08 Å². The van der Waals surface area contributed by atoms with Crippen LogP contribution in [-0.4, -0.2) is 37.4 Å². The molecule has 0 aromatic heterocycles. The third kappa shape index (κ3) is 5.42. The number of nitrogens with zero attached hydrogens (tertiary/aromatic N) is 1. The Hall–Kier alpha value is -2.09. The predicted octanol–water partition coefficient (Wildman–Crippen LogP) is 0.792. The van der Waals surface area contributed by atoms with Crippen LogP contribution in [0.3, 0.4) is 0 Å². The minimum absolute atomic E-state index is 0.0490. The van der Waals surface area contributed by atoms with Gasteiger partial charge in [-0.25, -0.2) is 0 Å². The molecule has 0 spiro atoms. The van der Waals surface area contributed by atoms with Crippen molar-refractivity contribution in [3.63, 3.8) is 0 Å². The Labute approximate surface area is 120 Å². The quantitative estimate of drug-likeness (QED) is 0.518. The number of alkyl halides is 3. The SMILES string of the molecule is NCCNC(=O)C(C=NC1C=CC=CC1)=C(N)C(F)(F)F. The predicted molar refractivity (Wildman–Crippen MR) is 74.5 cm³/mol. The number of carbonyl (C=O) groups is 1. The highest BCUT2D eigenvalue weighted by atomic mass is 19.4. The summed E-state index contributed by atoms with van der Waals surface area (Å²) in [5, 5.41) is 2.25. The molecule has 0 aromatic carbocycles. The van der Waals surface area contributed by atoms with Gasteiger partial charge in [-0.05, 0) is 6.42 Å². The summed E-state index contributed by atoms with van der Waals surface area (Å²) in [6.07, 6.45) is 3.70. The molecule has 1 aliphatic rings. The van der Waals surface area contributed by atoms with E-state index in [1.165, 1.54) is 0 Å². The first-order chi connectivity index (χ1) is 9.86. The first kappa shape index (κ1) is 17.0. The van der Waals surface area contributed by atoms with Crippen molar-refractivity contribution in [2.75, 3.05) is 13.1 Å². The maximum absolute atomic E-state index is 12.7. The number of hydrogen-bond acceptors (Lipinski definition) is 4. The van der Waals surface area contributed by atoms with Crippen molar-refractivity contribution in [3.05, 3.63) is 35.6 Å². The molecule has 8 heteroatoms. The van der Waals surface area contributed by atoms with Crippen LogP contribution < -0.4 is 16.8 Å². The molecule has 1 aliphatic carbocycles. The number of hydrogen-bond donors (Lipinski definition) is 3. The topological polar surface area (TPSA) is 93.5 Å². The minimum atomic E-state index is -4.80. The normalized spacial score (nSPS) is 19.7. The van der Waals surface area contributed by atoms with E-state index >= 15 is 0 Å². The monoisotopic (exact) mass is 302 g/mol. The lowest BCUT2D eigenvalue weighted by atomic mass is 10.1. The van der Waals surface area contributed by atoms with Gasteiger partial charge in [0, 0.05) is 19.3 Å². The van der Waals surface area contributed by atoms with Crippen LogP contribution in [0.25, 0.3) is 0 Å². The van der Waals surface area contributed by atoms with Crippen LogP contribution in [-0.2, 0) is 4.79 Å². The second-order valence-corrected chi connectivity index (χ2v) is 4.26. The molecule has 0 aliphatic heterocycles. The van der Waals surface area contributed by atoms with Gasteiger partial charge in [-0.15, -0.1) is 0 Å². The Morgan fingerprint density at radius 1 is 1.43 bits per heavy atom. The average molecular weight is 302 g/mol. The number of carbonyl (C=O) groups excluding carboxylic acids is 1. The number of rotatable bonds is 5. The standard InChI is InChI=1S/C13H17F3N4O/c14-13(15,16)11(18)10(12(21)19-7-6-17)8-20-9-4-2-1-3-5-9/h1-4,8-9H,5-7,17-18H2,(H,19,21). The maximum atomic E-state index is 12.7. The second-order valence-electron chi connectivity index (χ2n) is 4.26. The summed E-state index contributed by atoms with van der Waals surface area (Å²) in [7, 11) is 0. The van der Waals surface area contributed by atoms with Gasteiger partial charge in [0.2, 0.25) is 0 Å². The number of allylic oxidation sites excluding steroid dienone is 3. The molecule has 5 N–H and O–H groups in total. The van der Waals surface area contributed by atoms with E-state index in [0.29, 0.717) is 6.42 Å². The highest BCUT2D eigenvalue weighted by molar-refractivity contribution is 6.13. The van der Waals surface area contributed by atoms with E-state index in [2.05, 4.69) is 10.3 Å². The van der Waals surface area contributed by atoms with Crippen molar-refractivity contribution in [1.82, 2.24) is 5.32 Å². The number of aliphatic imine (C=N–C) groups is 1. The first-order valence-corrected chi connectivity index (χ1v) is 6.28. The molecular weight excluding hydrogens is 285 g/mol. The summed E-state index contributed by atoms with van der Waals surface area (Å²) in [5.74, 6) is -0.950. The molecule has 0 heterocycles. The average Bonchev–Trinajstić information content (AvgIpc) is 2.45. The van der Waals surface area contributed by atoms with Crippen LogP contribution in [0, 0.1) is 0 Å². The van der Waals surface area contributed by atoms with Crippen LogP contribution in [0.2, 0.25) is 0 Å². The van der Waals surface area contributed by atoms with Crippen LogP contribution in [0.1, 0.15) is 6.42 Å². The summed E-state index contributed by atoms with van der Waals surface area (Å²) < 4.78 is 38.0. The molecule has 1 rings (SSSR count). The molecule has 0 saturated carbocycles. The molecule has 1 unspecified atom stereocenters. The van der Waals surface area contributed by atoms with E-state index in [0.717, 1.165) is 6.21 Å². The Balaban J connectivity index is 2.97. The van der Waals surface area contributed by atoms with Crippen molar-refractivity contribution in [1.29, 1.82) is 0 Å². The van der Waals surface area contributed by atoms with E-state index in [1.54, 1.807) is 18.2 Å². The Kier molecular flexibility index (Phi) is 6.16. The van der Waals surface area contributed by atoms with Gasteiger partial charge in [-0.2, -0.15) is 13.2 Å². The van der Waals surface area contributed by atoms with Crippen molar-refractivity contribution in [2.24, 2.45) is 16.5 Å². The van der Waals surface area contributed by atoms with Gasteiger partial charge >= 0.3 is 6.18 Å². The highest BCUT2D eigenvalue weighted by Gasteiger charge is 2.35. The molecular formula is C13H17F3N4O. The summed E-state index contributed by atoms with van der Waals surface area (Å²) >= 11 is 0. The third-order valence-corrected chi connectivity index (χ3v) is 2.62. The van der Waals surface area contributed by atoms with Crippen LogP contribution >= 0.6 is 0 Å². The van der Waals surface area contributed by atoms with E-state index in [-0.39, 0.29) is 19.1 Å². The highest BCUT2D eigenvalue weighted by Crippen LogP contribution is 2.24. The van der Waals surface area contributed by atoms with Gasteiger partial charge in [0.05, 0.1) is 11.6 Å². The van der Waals surface area contributed by atoms with Gasteiger partial charge in [0.25, 0.3) is 5.91 Å². The Morgan fingerprint density at radius 3 is 2.67 bits per heavy atom. The van der Waals surface area contributed by atoms with E-state index < -0.39 is 23.4 Å². The van der Waals surface area contributed by atoms with Gasteiger partial charge < -0.3 is 16.8 Å². The number of halogens is 3. The van der Waals surface area contributed by atoms with Crippen LogP contribution in [0.4, 0.5) is 13.2 Å². The molecule has 5 nitrogen and oxygen atoms in total. The lowest BCUT2D eigenvalue weighted by Crippen LogP contribution is -2.34. The number of amides is 1. The van der Waals surface area contributed by atoms with Crippen molar-refractivity contribution >= 4 is 12.1 Å². The molecule has 0 aromatic rings. The number of nitrogens with two attached hydrogens (primary N) is 2. The molecule has 0 saturated heterocycles. The summed E-state index contributed by atoms with van der Waals surface area (Å²) in [6, 6.07) is -0.312. The third-order valence-electron chi connectivity index (χ3n) is 2.62. The van der Waals surface area contributed by atoms with Gasteiger partial charge in [-0.3, -0.25) is 9.79 Å². The van der Waals surface area contributed by atoms with Gasteiger partial charge in [0.1, 0.15) is 5.70 Å². The minimum Gasteiger partial charge on any atom is -0.394 e. The van der Waals surface area contributed by atoms with Crippen LogP contribution in [0.15, 0.2) is 40.6 Å². The van der Waals surface area contributed by atoms with Crippen molar-refractivity contribution in [3.8, 4) is 0 Å². The molecule has 0 fully saturated rings. The fourth-order valence-corrected chi connectivity index (χ4v) is 1.53. The molecule has 0 bridgehead atoms. The van der Waals surface area contributed by atoms with Crippen molar-refractivity contribution in [2.45, 2.75) is 18.6 Å². The van der Waals surface area contributed by atoms with Gasteiger partial charge in [-0.1, -0.05) is 24.3 Å². The maximum Gasteiger partial charge on any atom is 0.431 e. The summed E-state index contributed by atoms with van der Waals surface area (Å²) in [5.41, 5.74) is 8.03. The molecule has 1 atom stereocenters. The fourth-order valence-electron chi connectivity index (χ4n) is 1.53. The molecule has 0 radical (unpaired) electrons. The molecule has 1 amide bonds. The van der Waals surface area contributed by atoms with Gasteiger partial charge in [0.15, 0.2) is 0 Å². The molecule has 21 heavy (non-hydrogen) atoms.